The first-order valence-corrected chi connectivity index (χ1v) is 7.75. The van der Waals surface area contributed by atoms with E-state index in [9.17, 15) is 9.59 Å². The summed E-state index contributed by atoms with van der Waals surface area (Å²) in [7, 11) is 0. The third kappa shape index (κ3) is 5.11. The van der Waals surface area contributed by atoms with Gasteiger partial charge in [0.05, 0.1) is 5.56 Å². The smallest absolute Gasteiger partial charge is 0.343 e. The zero-order chi connectivity index (χ0) is 16.7. The van der Waals surface area contributed by atoms with Crippen molar-refractivity contribution in [1.82, 2.24) is 0 Å². The van der Waals surface area contributed by atoms with E-state index >= 15 is 0 Å². The molecule has 120 valence electrons. The van der Waals surface area contributed by atoms with Crippen LogP contribution in [0.25, 0.3) is 0 Å². The first-order chi connectivity index (χ1) is 11.1. The van der Waals surface area contributed by atoms with Crippen LogP contribution < -0.4 is 9.47 Å². The number of rotatable bonds is 6. The molecule has 0 aliphatic heterocycles. The van der Waals surface area contributed by atoms with Crippen molar-refractivity contribution in [3.8, 4) is 11.5 Å². The number of esters is 2. The van der Waals surface area contributed by atoms with Gasteiger partial charge in [-0.3, -0.25) is 4.79 Å². The Morgan fingerprint density at radius 3 is 2.17 bits per heavy atom. The van der Waals surface area contributed by atoms with Gasteiger partial charge in [-0.2, -0.15) is 0 Å². The summed E-state index contributed by atoms with van der Waals surface area (Å²) >= 11 is 5.79. The number of para-hydroxylation sites is 2. The summed E-state index contributed by atoms with van der Waals surface area (Å²) in [5, 5.41) is 0.534. The molecule has 0 heterocycles. The maximum atomic E-state index is 12.1. The molecule has 0 saturated carbocycles. The average Bonchev–Trinajstić information content (AvgIpc) is 2.55. The molecule has 0 spiro atoms. The van der Waals surface area contributed by atoms with Gasteiger partial charge in [-0.15, -0.1) is 0 Å². The molecule has 0 unspecified atom stereocenters. The lowest BCUT2D eigenvalue weighted by atomic mass is 10.2. The molecule has 4 nitrogen and oxygen atoms in total. The monoisotopic (exact) mass is 332 g/mol. The molecule has 0 aliphatic carbocycles. The van der Waals surface area contributed by atoms with E-state index < -0.39 is 5.97 Å². The Bertz CT molecular complexity index is 680. The Kier molecular flexibility index (Phi) is 6.18. The molecule has 0 radical (unpaired) electrons. The minimum absolute atomic E-state index is 0.206. The third-order valence-electron chi connectivity index (χ3n) is 3.09. The number of unbranched alkanes of at least 4 members (excludes halogenated alkanes) is 1. The van der Waals surface area contributed by atoms with Crippen LogP contribution >= 0.6 is 11.6 Å². The van der Waals surface area contributed by atoms with E-state index in [4.69, 9.17) is 21.1 Å². The Morgan fingerprint density at radius 2 is 1.57 bits per heavy atom. The minimum atomic E-state index is -0.543. The van der Waals surface area contributed by atoms with E-state index in [1.165, 1.54) is 0 Å². The van der Waals surface area contributed by atoms with Crippen molar-refractivity contribution < 1.29 is 19.1 Å². The molecule has 2 rings (SSSR count). The van der Waals surface area contributed by atoms with Crippen LogP contribution in [-0.4, -0.2) is 11.9 Å². The first-order valence-electron chi connectivity index (χ1n) is 7.37. The Hall–Kier alpha value is -2.33. The van der Waals surface area contributed by atoms with E-state index in [1.807, 2.05) is 6.92 Å². The van der Waals surface area contributed by atoms with Gasteiger partial charge in [0, 0.05) is 11.4 Å². The van der Waals surface area contributed by atoms with Gasteiger partial charge in [0.25, 0.3) is 0 Å². The van der Waals surface area contributed by atoms with Crippen LogP contribution in [0.2, 0.25) is 5.02 Å². The van der Waals surface area contributed by atoms with Gasteiger partial charge in [-0.1, -0.05) is 37.1 Å². The minimum Gasteiger partial charge on any atom is -0.423 e. The number of benzene rings is 2. The zero-order valence-electron chi connectivity index (χ0n) is 12.8. The van der Waals surface area contributed by atoms with Gasteiger partial charge in [0.15, 0.2) is 11.5 Å². The molecule has 5 heteroatoms. The predicted molar refractivity (Wildman–Crippen MR) is 88.0 cm³/mol. The fourth-order valence-corrected chi connectivity index (χ4v) is 1.98. The van der Waals surface area contributed by atoms with E-state index in [0.717, 1.165) is 12.8 Å². The molecular formula is C18H17ClO4. The number of carbonyl (C=O) groups excluding carboxylic acids is 2. The highest BCUT2D eigenvalue weighted by Gasteiger charge is 2.14. The van der Waals surface area contributed by atoms with Gasteiger partial charge >= 0.3 is 11.9 Å². The molecule has 0 N–H and O–H groups in total. The Morgan fingerprint density at radius 1 is 0.957 bits per heavy atom. The molecule has 0 atom stereocenters. The number of hydrogen-bond donors (Lipinski definition) is 0. The molecule has 2 aromatic carbocycles. The lowest BCUT2D eigenvalue weighted by Crippen LogP contribution is -2.12. The van der Waals surface area contributed by atoms with Gasteiger partial charge in [0.2, 0.25) is 0 Å². The maximum Gasteiger partial charge on any atom is 0.343 e. The van der Waals surface area contributed by atoms with Crippen LogP contribution in [0, 0.1) is 0 Å². The van der Waals surface area contributed by atoms with E-state index in [0.29, 0.717) is 17.0 Å². The van der Waals surface area contributed by atoms with Crippen molar-refractivity contribution in [1.29, 1.82) is 0 Å². The molecule has 0 saturated heterocycles. The van der Waals surface area contributed by atoms with E-state index in [2.05, 4.69) is 0 Å². The summed E-state index contributed by atoms with van der Waals surface area (Å²) in [6.45, 7) is 2.00. The Balaban J connectivity index is 2.09. The van der Waals surface area contributed by atoms with Crippen LogP contribution in [0.15, 0.2) is 48.5 Å². The molecular weight excluding hydrogens is 316 g/mol. The number of carbonyl (C=O) groups is 2. The van der Waals surface area contributed by atoms with E-state index in [-0.39, 0.29) is 17.5 Å². The van der Waals surface area contributed by atoms with Crippen molar-refractivity contribution >= 4 is 23.5 Å². The van der Waals surface area contributed by atoms with Gasteiger partial charge < -0.3 is 9.47 Å². The first kappa shape index (κ1) is 17.0. The van der Waals surface area contributed by atoms with Crippen LogP contribution in [0.4, 0.5) is 0 Å². The second-order valence-corrected chi connectivity index (χ2v) is 5.36. The number of hydrogen-bond acceptors (Lipinski definition) is 4. The van der Waals surface area contributed by atoms with Crippen LogP contribution in [0.1, 0.15) is 36.5 Å². The lowest BCUT2D eigenvalue weighted by Gasteiger charge is -2.10. The van der Waals surface area contributed by atoms with E-state index in [1.54, 1.807) is 48.5 Å². The predicted octanol–water partition coefficient (Wildman–Crippen LogP) is 4.65. The standard InChI is InChI=1S/C18H17ClO4/c1-2-3-8-17(20)22-15-6-4-5-7-16(15)23-18(21)13-9-11-14(19)12-10-13/h4-7,9-12H,2-3,8H2,1H3. The summed E-state index contributed by atoms with van der Waals surface area (Å²) in [5.41, 5.74) is 0.363. The second kappa shape index (κ2) is 8.34. The van der Waals surface area contributed by atoms with Crippen molar-refractivity contribution in [3.63, 3.8) is 0 Å². The van der Waals surface area contributed by atoms with Crippen LogP contribution in [0.3, 0.4) is 0 Å². The molecule has 0 aromatic heterocycles. The molecule has 2 aromatic rings. The highest BCUT2D eigenvalue weighted by atomic mass is 35.5. The van der Waals surface area contributed by atoms with Crippen molar-refractivity contribution in [2.75, 3.05) is 0 Å². The van der Waals surface area contributed by atoms with Gasteiger partial charge in [0.1, 0.15) is 0 Å². The fraction of sp³-hybridized carbons (Fsp3) is 0.222. The van der Waals surface area contributed by atoms with Crippen molar-refractivity contribution in [2.45, 2.75) is 26.2 Å². The van der Waals surface area contributed by atoms with Crippen LogP contribution in [0.5, 0.6) is 11.5 Å². The van der Waals surface area contributed by atoms with Crippen molar-refractivity contribution in [3.05, 3.63) is 59.1 Å². The molecule has 0 aliphatic rings. The normalized spacial score (nSPS) is 10.2. The quantitative estimate of drug-likeness (QED) is 0.570. The summed E-state index contributed by atoms with van der Waals surface area (Å²) in [6.07, 6.45) is 1.99. The molecule has 0 fully saturated rings. The lowest BCUT2D eigenvalue weighted by molar-refractivity contribution is -0.134. The average molecular weight is 333 g/mol. The molecule has 23 heavy (non-hydrogen) atoms. The third-order valence-corrected chi connectivity index (χ3v) is 3.34. The summed E-state index contributed by atoms with van der Waals surface area (Å²) in [5.74, 6) is -0.450. The Labute approximate surface area is 140 Å². The molecule has 0 bridgehead atoms. The summed E-state index contributed by atoms with van der Waals surface area (Å²) in [4.78, 5) is 23.9. The second-order valence-electron chi connectivity index (χ2n) is 4.92. The largest absolute Gasteiger partial charge is 0.423 e. The summed E-state index contributed by atoms with van der Waals surface area (Å²) in [6, 6.07) is 12.9. The zero-order valence-corrected chi connectivity index (χ0v) is 13.5. The summed E-state index contributed by atoms with van der Waals surface area (Å²) < 4.78 is 10.6. The number of ether oxygens (including phenoxy) is 2. The topological polar surface area (TPSA) is 52.6 Å². The number of halogens is 1. The van der Waals surface area contributed by atoms with Crippen LogP contribution in [-0.2, 0) is 4.79 Å². The SMILES string of the molecule is CCCCC(=O)Oc1ccccc1OC(=O)c1ccc(Cl)cc1. The molecule has 0 amide bonds. The highest BCUT2D eigenvalue weighted by Crippen LogP contribution is 2.28. The van der Waals surface area contributed by atoms with Gasteiger partial charge in [-0.05, 0) is 42.8 Å². The van der Waals surface area contributed by atoms with Crippen molar-refractivity contribution in [2.24, 2.45) is 0 Å². The van der Waals surface area contributed by atoms with Gasteiger partial charge in [-0.25, -0.2) is 4.79 Å². The maximum absolute atomic E-state index is 12.1. The highest BCUT2D eigenvalue weighted by molar-refractivity contribution is 6.30. The fourth-order valence-electron chi connectivity index (χ4n) is 1.86.